The van der Waals surface area contributed by atoms with Crippen LogP contribution in [0.15, 0.2) is 24.3 Å². The normalized spacial score (nSPS) is 15.5. The minimum Gasteiger partial charge on any atom is -0.478 e. The van der Waals surface area contributed by atoms with Crippen molar-refractivity contribution in [1.82, 2.24) is 0 Å². The molecular formula is C17H21NO3. The third-order valence-electron chi connectivity index (χ3n) is 3.91. The van der Waals surface area contributed by atoms with Crippen LogP contribution in [0.3, 0.4) is 0 Å². The van der Waals surface area contributed by atoms with E-state index in [1.807, 2.05) is 25.1 Å². The number of nitrogens with one attached hydrogen (secondary N) is 1. The molecule has 4 nitrogen and oxygen atoms in total. The molecule has 112 valence electrons. The van der Waals surface area contributed by atoms with Crippen LogP contribution >= 0.6 is 0 Å². The molecule has 1 aromatic carbocycles. The molecule has 1 fully saturated rings. The lowest BCUT2D eigenvalue weighted by atomic mass is 10.0. The predicted molar refractivity (Wildman–Crippen MR) is 83.1 cm³/mol. The molecule has 0 bridgehead atoms. The number of aryl methyl sites for hydroxylation is 1. The molecule has 1 aliphatic carbocycles. The largest absolute Gasteiger partial charge is 0.478 e. The molecule has 2 rings (SSSR count). The lowest BCUT2D eigenvalue weighted by Crippen LogP contribution is -2.21. The Hall–Kier alpha value is -2.10. The maximum Gasteiger partial charge on any atom is 0.328 e. The van der Waals surface area contributed by atoms with Gasteiger partial charge >= 0.3 is 5.97 Å². The zero-order chi connectivity index (χ0) is 15.2. The van der Waals surface area contributed by atoms with E-state index in [1.54, 1.807) is 6.08 Å². The second kappa shape index (κ2) is 7.07. The Bertz CT molecular complexity index is 557. The van der Waals surface area contributed by atoms with Crippen LogP contribution in [0.4, 0.5) is 5.69 Å². The molecule has 0 aliphatic heterocycles. The molecule has 0 spiro atoms. The summed E-state index contributed by atoms with van der Waals surface area (Å²) in [4.78, 5) is 22.7. The zero-order valence-electron chi connectivity index (χ0n) is 12.3. The van der Waals surface area contributed by atoms with Crippen LogP contribution in [-0.4, -0.2) is 17.0 Å². The second-order valence-corrected chi connectivity index (χ2v) is 5.41. The summed E-state index contributed by atoms with van der Waals surface area (Å²) in [6, 6.07) is 5.60. The molecule has 0 unspecified atom stereocenters. The van der Waals surface area contributed by atoms with Crippen LogP contribution in [-0.2, 0) is 16.0 Å². The number of carbonyl (C=O) groups is 2. The highest BCUT2D eigenvalue weighted by atomic mass is 16.4. The maximum absolute atomic E-state index is 12.2. The van der Waals surface area contributed by atoms with Gasteiger partial charge in [0.05, 0.1) is 0 Å². The van der Waals surface area contributed by atoms with Crippen molar-refractivity contribution in [2.24, 2.45) is 5.92 Å². The third-order valence-corrected chi connectivity index (χ3v) is 3.91. The Balaban J connectivity index is 2.12. The fourth-order valence-electron chi connectivity index (χ4n) is 2.72. The van der Waals surface area contributed by atoms with E-state index >= 15 is 0 Å². The van der Waals surface area contributed by atoms with Gasteiger partial charge in [0.15, 0.2) is 0 Å². The quantitative estimate of drug-likeness (QED) is 0.815. The molecule has 0 radical (unpaired) electrons. The van der Waals surface area contributed by atoms with E-state index in [1.165, 1.54) is 0 Å². The van der Waals surface area contributed by atoms with Crippen molar-refractivity contribution in [3.8, 4) is 0 Å². The molecule has 1 amide bonds. The van der Waals surface area contributed by atoms with E-state index in [4.69, 9.17) is 5.11 Å². The molecule has 0 aromatic heterocycles. The SMILES string of the molecule is CCc1cc(/C=C/C(=O)O)ccc1NC(=O)C1CCCC1. The van der Waals surface area contributed by atoms with E-state index in [2.05, 4.69) is 5.32 Å². The molecule has 21 heavy (non-hydrogen) atoms. The minimum atomic E-state index is -0.966. The van der Waals surface area contributed by atoms with Crippen molar-refractivity contribution >= 4 is 23.6 Å². The van der Waals surface area contributed by atoms with E-state index in [0.717, 1.165) is 55.0 Å². The van der Waals surface area contributed by atoms with Gasteiger partial charge in [-0.2, -0.15) is 0 Å². The van der Waals surface area contributed by atoms with Gasteiger partial charge in [-0.15, -0.1) is 0 Å². The van der Waals surface area contributed by atoms with E-state index in [9.17, 15) is 9.59 Å². The number of carbonyl (C=O) groups excluding carboxylic acids is 1. The summed E-state index contributed by atoms with van der Waals surface area (Å²) in [6.07, 6.45) is 7.69. The van der Waals surface area contributed by atoms with E-state index in [0.29, 0.717) is 0 Å². The number of hydrogen-bond donors (Lipinski definition) is 2. The van der Waals surface area contributed by atoms with Crippen molar-refractivity contribution < 1.29 is 14.7 Å². The van der Waals surface area contributed by atoms with Crippen LogP contribution in [0.1, 0.15) is 43.7 Å². The van der Waals surface area contributed by atoms with Gasteiger partial charge in [0.2, 0.25) is 5.91 Å². The topological polar surface area (TPSA) is 66.4 Å². The number of carboxylic acids is 1. The first-order chi connectivity index (χ1) is 10.1. The van der Waals surface area contributed by atoms with Gasteiger partial charge in [0.1, 0.15) is 0 Å². The summed E-state index contributed by atoms with van der Waals surface area (Å²) in [6.45, 7) is 2.02. The Morgan fingerprint density at radius 3 is 2.67 bits per heavy atom. The zero-order valence-corrected chi connectivity index (χ0v) is 12.3. The number of anilines is 1. The number of hydrogen-bond acceptors (Lipinski definition) is 2. The standard InChI is InChI=1S/C17H21NO3/c1-2-13-11-12(8-10-16(19)20)7-9-15(13)18-17(21)14-5-3-4-6-14/h7-11,14H,2-6H2,1H3,(H,18,21)(H,19,20)/b10-8+. The highest BCUT2D eigenvalue weighted by Crippen LogP contribution is 2.27. The van der Waals surface area contributed by atoms with E-state index in [-0.39, 0.29) is 11.8 Å². The molecule has 1 saturated carbocycles. The smallest absolute Gasteiger partial charge is 0.328 e. The van der Waals surface area contributed by atoms with Gasteiger partial charge < -0.3 is 10.4 Å². The molecule has 1 aliphatic rings. The van der Waals surface area contributed by atoms with Crippen LogP contribution in [0.25, 0.3) is 6.08 Å². The first kappa shape index (κ1) is 15.3. The van der Waals surface area contributed by atoms with Crippen LogP contribution < -0.4 is 5.32 Å². The summed E-state index contributed by atoms with van der Waals surface area (Å²) >= 11 is 0. The molecule has 4 heteroatoms. The average Bonchev–Trinajstić information content (AvgIpc) is 3.00. The summed E-state index contributed by atoms with van der Waals surface area (Å²) in [7, 11) is 0. The van der Waals surface area contributed by atoms with Crippen molar-refractivity contribution in [3.05, 3.63) is 35.4 Å². The fourth-order valence-corrected chi connectivity index (χ4v) is 2.72. The highest BCUT2D eigenvalue weighted by Gasteiger charge is 2.23. The Morgan fingerprint density at radius 2 is 2.05 bits per heavy atom. The van der Waals surface area contributed by atoms with Crippen molar-refractivity contribution in [2.45, 2.75) is 39.0 Å². The average molecular weight is 287 g/mol. The lowest BCUT2D eigenvalue weighted by molar-refractivity contribution is -0.131. The summed E-state index contributed by atoms with van der Waals surface area (Å²) in [5.41, 5.74) is 2.68. The molecule has 0 heterocycles. The number of aliphatic carboxylic acids is 1. The van der Waals surface area contributed by atoms with Gasteiger partial charge in [-0.3, -0.25) is 4.79 Å². The Kier molecular flexibility index (Phi) is 5.14. The molecule has 0 saturated heterocycles. The monoisotopic (exact) mass is 287 g/mol. The van der Waals surface area contributed by atoms with E-state index < -0.39 is 5.97 Å². The van der Waals surface area contributed by atoms with Gasteiger partial charge in [-0.1, -0.05) is 25.8 Å². The summed E-state index contributed by atoms with van der Waals surface area (Å²) in [5, 5.41) is 11.7. The number of benzene rings is 1. The lowest BCUT2D eigenvalue weighted by Gasteiger charge is -2.14. The highest BCUT2D eigenvalue weighted by molar-refractivity contribution is 5.93. The third kappa shape index (κ3) is 4.18. The van der Waals surface area contributed by atoms with Crippen molar-refractivity contribution in [1.29, 1.82) is 0 Å². The summed E-state index contributed by atoms with van der Waals surface area (Å²) in [5.74, 6) is -0.719. The van der Waals surface area contributed by atoms with Crippen LogP contribution in [0, 0.1) is 5.92 Å². The number of amides is 1. The van der Waals surface area contributed by atoms with Gasteiger partial charge in [-0.05, 0) is 48.6 Å². The first-order valence-corrected chi connectivity index (χ1v) is 7.45. The van der Waals surface area contributed by atoms with Gasteiger partial charge in [0.25, 0.3) is 0 Å². The van der Waals surface area contributed by atoms with Crippen LogP contribution in [0.2, 0.25) is 0 Å². The predicted octanol–water partition coefficient (Wildman–Crippen LogP) is 3.48. The maximum atomic E-state index is 12.2. The first-order valence-electron chi connectivity index (χ1n) is 7.45. The fraction of sp³-hybridized carbons (Fsp3) is 0.412. The molecular weight excluding hydrogens is 266 g/mol. The minimum absolute atomic E-state index is 0.107. The number of rotatable bonds is 5. The van der Waals surface area contributed by atoms with Crippen molar-refractivity contribution in [3.63, 3.8) is 0 Å². The number of carboxylic acid groups (broad SMARTS) is 1. The molecule has 1 aromatic rings. The van der Waals surface area contributed by atoms with Gasteiger partial charge in [-0.25, -0.2) is 4.79 Å². The molecule has 0 atom stereocenters. The second-order valence-electron chi connectivity index (χ2n) is 5.41. The molecule has 2 N–H and O–H groups in total. The Labute approximate surface area is 124 Å². The van der Waals surface area contributed by atoms with Crippen molar-refractivity contribution in [2.75, 3.05) is 5.32 Å². The Morgan fingerprint density at radius 1 is 1.33 bits per heavy atom. The van der Waals surface area contributed by atoms with Gasteiger partial charge in [0, 0.05) is 17.7 Å². The van der Waals surface area contributed by atoms with Crippen LogP contribution in [0.5, 0.6) is 0 Å². The summed E-state index contributed by atoms with van der Waals surface area (Å²) < 4.78 is 0.